The molecule has 1 saturated carbocycles. The molecule has 0 spiro atoms. The van der Waals surface area contributed by atoms with Crippen molar-refractivity contribution < 1.29 is 14.7 Å². The van der Waals surface area contributed by atoms with E-state index < -0.39 is 11.5 Å². The highest BCUT2D eigenvalue weighted by Gasteiger charge is 2.36. The van der Waals surface area contributed by atoms with Crippen molar-refractivity contribution in [3.8, 4) is 0 Å². The summed E-state index contributed by atoms with van der Waals surface area (Å²) in [5.41, 5.74) is -1.22. The Labute approximate surface area is 109 Å². The Morgan fingerprint density at radius 2 is 1.94 bits per heavy atom. The van der Waals surface area contributed by atoms with E-state index in [9.17, 15) is 9.59 Å². The molecule has 18 heavy (non-hydrogen) atoms. The molecule has 0 aromatic carbocycles. The van der Waals surface area contributed by atoms with Crippen LogP contribution in [0.4, 0.5) is 4.79 Å². The van der Waals surface area contributed by atoms with Crippen molar-refractivity contribution in [2.24, 2.45) is 5.92 Å². The number of carbonyl (C=O) groups is 2. The van der Waals surface area contributed by atoms with Crippen LogP contribution < -0.4 is 5.32 Å². The van der Waals surface area contributed by atoms with E-state index in [0.717, 1.165) is 19.3 Å². The van der Waals surface area contributed by atoms with Crippen molar-refractivity contribution in [3.63, 3.8) is 0 Å². The molecule has 0 heterocycles. The first kappa shape index (κ1) is 14.8. The van der Waals surface area contributed by atoms with Gasteiger partial charge in [-0.1, -0.05) is 13.8 Å². The summed E-state index contributed by atoms with van der Waals surface area (Å²) < 4.78 is 0. The molecule has 0 unspecified atom stereocenters. The number of carboxylic acid groups (broad SMARTS) is 1. The van der Waals surface area contributed by atoms with Crippen LogP contribution in [-0.2, 0) is 4.79 Å². The molecule has 0 aromatic rings. The summed E-state index contributed by atoms with van der Waals surface area (Å²) in [5.74, 6) is -0.484. The summed E-state index contributed by atoms with van der Waals surface area (Å²) >= 11 is 0. The van der Waals surface area contributed by atoms with Crippen LogP contribution in [0.3, 0.4) is 0 Å². The van der Waals surface area contributed by atoms with E-state index in [4.69, 9.17) is 5.11 Å². The molecule has 1 rings (SSSR count). The maximum atomic E-state index is 12.1. The molecule has 0 aromatic heterocycles. The number of hydrogen-bond acceptors (Lipinski definition) is 2. The fourth-order valence-corrected chi connectivity index (χ4v) is 1.63. The summed E-state index contributed by atoms with van der Waals surface area (Å²) in [6.07, 6.45) is 3.00. The molecular formula is C13H24N2O3. The number of nitrogens with one attached hydrogen (secondary N) is 1. The highest BCUT2D eigenvalue weighted by molar-refractivity contribution is 5.85. The number of amides is 2. The lowest BCUT2D eigenvalue weighted by Crippen LogP contribution is -2.55. The normalized spacial score (nSPS) is 15.6. The molecule has 1 aliphatic carbocycles. The van der Waals surface area contributed by atoms with Gasteiger partial charge in [-0.2, -0.15) is 0 Å². The van der Waals surface area contributed by atoms with Crippen molar-refractivity contribution in [1.82, 2.24) is 10.2 Å². The number of carboxylic acids is 1. The SMILES string of the molecule is CC(C)CCN(C(=O)NC(C)(C)C(=O)O)C1CC1. The minimum absolute atomic E-state index is 0.259. The van der Waals surface area contributed by atoms with Gasteiger partial charge in [-0.15, -0.1) is 0 Å². The molecule has 5 nitrogen and oxygen atoms in total. The number of hydrogen-bond donors (Lipinski definition) is 2. The third-order valence-electron chi connectivity index (χ3n) is 3.15. The Balaban J connectivity index is 2.57. The van der Waals surface area contributed by atoms with Gasteiger partial charge in [-0.05, 0) is 39.0 Å². The van der Waals surface area contributed by atoms with E-state index in [1.807, 2.05) is 0 Å². The predicted octanol–water partition coefficient (Wildman–Crippen LogP) is 2.07. The molecule has 0 bridgehead atoms. The van der Waals surface area contributed by atoms with Gasteiger partial charge in [-0.25, -0.2) is 9.59 Å². The van der Waals surface area contributed by atoms with Crippen molar-refractivity contribution in [2.45, 2.75) is 58.5 Å². The molecule has 0 atom stereocenters. The third kappa shape index (κ3) is 4.20. The van der Waals surface area contributed by atoms with E-state index in [2.05, 4.69) is 19.2 Å². The Hall–Kier alpha value is -1.26. The van der Waals surface area contributed by atoms with Gasteiger partial charge in [-0.3, -0.25) is 0 Å². The lowest BCUT2D eigenvalue weighted by atomic mass is 10.1. The van der Waals surface area contributed by atoms with E-state index in [1.54, 1.807) is 4.90 Å². The van der Waals surface area contributed by atoms with Gasteiger partial charge in [0.1, 0.15) is 5.54 Å². The summed E-state index contributed by atoms with van der Waals surface area (Å²) in [5, 5.41) is 11.6. The monoisotopic (exact) mass is 256 g/mol. The largest absolute Gasteiger partial charge is 0.480 e. The topological polar surface area (TPSA) is 69.6 Å². The molecule has 5 heteroatoms. The minimum Gasteiger partial charge on any atom is -0.480 e. The van der Waals surface area contributed by atoms with Crippen LogP contribution in [0.2, 0.25) is 0 Å². The van der Waals surface area contributed by atoms with Gasteiger partial charge in [0.25, 0.3) is 0 Å². The molecular weight excluding hydrogens is 232 g/mol. The van der Waals surface area contributed by atoms with Crippen LogP contribution in [-0.4, -0.2) is 40.1 Å². The quantitative estimate of drug-likeness (QED) is 0.764. The molecule has 1 aliphatic rings. The Morgan fingerprint density at radius 3 is 2.33 bits per heavy atom. The average Bonchev–Trinajstić information content (AvgIpc) is 3.00. The van der Waals surface area contributed by atoms with Gasteiger partial charge < -0.3 is 15.3 Å². The van der Waals surface area contributed by atoms with Crippen LogP contribution >= 0.6 is 0 Å². The van der Waals surface area contributed by atoms with Crippen molar-refractivity contribution >= 4 is 12.0 Å². The summed E-state index contributed by atoms with van der Waals surface area (Å²) in [6, 6.07) is 0.0406. The number of carbonyl (C=O) groups excluding carboxylic acids is 1. The van der Waals surface area contributed by atoms with Gasteiger partial charge in [0.05, 0.1) is 0 Å². The second-order valence-electron chi connectivity index (χ2n) is 5.97. The lowest BCUT2D eigenvalue weighted by Gasteiger charge is -2.28. The first-order valence-electron chi connectivity index (χ1n) is 6.56. The number of nitrogens with zero attached hydrogens (tertiary/aromatic N) is 1. The number of rotatable bonds is 6. The van der Waals surface area contributed by atoms with Gasteiger partial charge >= 0.3 is 12.0 Å². The smallest absolute Gasteiger partial charge is 0.328 e. The fraction of sp³-hybridized carbons (Fsp3) is 0.846. The molecule has 0 aliphatic heterocycles. The molecule has 1 fully saturated rings. The summed E-state index contributed by atoms with van der Waals surface area (Å²) in [6.45, 7) is 7.93. The zero-order valence-electron chi connectivity index (χ0n) is 11.7. The first-order chi connectivity index (χ1) is 8.24. The number of urea groups is 1. The summed E-state index contributed by atoms with van der Waals surface area (Å²) in [7, 11) is 0. The van der Waals surface area contributed by atoms with E-state index in [0.29, 0.717) is 18.5 Å². The van der Waals surface area contributed by atoms with E-state index in [1.165, 1.54) is 13.8 Å². The summed E-state index contributed by atoms with van der Waals surface area (Å²) in [4.78, 5) is 24.9. The van der Waals surface area contributed by atoms with E-state index >= 15 is 0 Å². The van der Waals surface area contributed by atoms with Crippen molar-refractivity contribution in [1.29, 1.82) is 0 Å². The Bertz CT molecular complexity index is 322. The predicted molar refractivity (Wildman–Crippen MR) is 69.4 cm³/mol. The van der Waals surface area contributed by atoms with Crippen LogP contribution in [0, 0.1) is 5.92 Å². The van der Waals surface area contributed by atoms with Crippen molar-refractivity contribution in [2.75, 3.05) is 6.54 Å². The number of aliphatic carboxylic acids is 1. The highest BCUT2D eigenvalue weighted by atomic mass is 16.4. The average molecular weight is 256 g/mol. The van der Waals surface area contributed by atoms with Crippen LogP contribution in [0.25, 0.3) is 0 Å². The second kappa shape index (κ2) is 5.59. The molecule has 0 radical (unpaired) electrons. The maximum Gasteiger partial charge on any atom is 0.328 e. The van der Waals surface area contributed by atoms with Crippen LogP contribution in [0.1, 0.15) is 47.0 Å². The van der Waals surface area contributed by atoms with Gasteiger partial charge in [0.15, 0.2) is 0 Å². The molecule has 0 saturated heterocycles. The lowest BCUT2D eigenvalue weighted by molar-refractivity contribution is -0.143. The Morgan fingerprint density at radius 1 is 1.39 bits per heavy atom. The standard InChI is InChI=1S/C13H24N2O3/c1-9(2)7-8-15(10-5-6-10)12(18)14-13(3,4)11(16)17/h9-10H,5-8H2,1-4H3,(H,14,18)(H,16,17). The fourth-order valence-electron chi connectivity index (χ4n) is 1.63. The zero-order valence-corrected chi connectivity index (χ0v) is 11.7. The molecule has 2 amide bonds. The highest BCUT2D eigenvalue weighted by Crippen LogP contribution is 2.27. The zero-order chi connectivity index (χ0) is 13.9. The maximum absolute atomic E-state index is 12.1. The van der Waals surface area contributed by atoms with Crippen molar-refractivity contribution in [3.05, 3.63) is 0 Å². The van der Waals surface area contributed by atoms with E-state index in [-0.39, 0.29) is 6.03 Å². The minimum atomic E-state index is -1.22. The second-order valence-corrected chi connectivity index (χ2v) is 5.97. The van der Waals surface area contributed by atoms with Crippen LogP contribution in [0.15, 0.2) is 0 Å². The Kier molecular flexibility index (Phi) is 4.59. The van der Waals surface area contributed by atoms with Gasteiger partial charge in [0, 0.05) is 12.6 Å². The third-order valence-corrected chi connectivity index (χ3v) is 3.15. The molecule has 2 N–H and O–H groups in total. The first-order valence-corrected chi connectivity index (χ1v) is 6.56. The van der Waals surface area contributed by atoms with Crippen LogP contribution in [0.5, 0.6) is 0 Å². The molecule has 104 valence electrons. The van der Waals surface area contributed by atoms with Gasteiger partial charge in [0.2, 0.25) is 0 Å².